The number of ketones is 1. The van der Waals surface area contributed by atoms with Crippen LogP contribution in [0.4, 0.5) is 0 Å². The second kappa shape index (κ2) is 5.54. The van der Waals surface area contributed by atoms with Crippen molar-refractivity contribution in [1.82, 2.24) is 9.78 Å². The third-order valence-electron chi connectivity index (χ3n) is 1.88. The largest absolute Gasteiger partial charge is 0.373 e. The molecule has 1 aromatic rings. The Morgan fingerprint density at radius 1 is 1.57 bits per heavy atom. The van der Waals surface area contributed by atoms with Crippen molar-refractivity contribution in [3.8, 4) is 0 Å². The number of nitrogens with zero attached hydrogens (tertiary/aromatic N) is 2. The van der Waals surface area contributed by atoms with E-state index in [0.29, 0.717) is 18.8 Å². The number of carbonyl (C=O) groups is 1. The lowest BCUT2D eigenvalue weighted by atomic mass is 10.3. The van der Waals surface area contributed by atoms with Gasteiger partial charge in [-0.05, 0) is 19.4 Å². The van der Waals surface area contributed by atoms with Gasteiger partial charge in [0.05, 0.1) is 0 Å². The highest BCUT2D eigenvalue weighted by Gasteiger charge is 2.10. The molecule has 0 radical (unpaired) electrons. The topological polar surface area (TPSA) is 44.1 Å². The van der Waals surface area contributed by atoms with Gasteiger partial charge >= 0.3 is 0 Å². The molecule has 0 atom stereocenters. The number of hydrogen-bond donors (Lipinski definition) is 0. The van der Waals surface area contributed by atoms with E-state index in [1.807, 2.05) is 13.8 Å². The molecule has 0 unspecified atom stereocenters. The minimum Gasteiger partial charge on any atom is -0.373 e. The van der Waals surface area contributed by atoms with Crippen molar-refractivity contribution >= 4 is 5.78 Å². The summed E-state index contributed by atoms with van der Waals surface area (Å²) in [5.41, 5.74) is 0.628. The maximum absolute atomic E-state index is 11.6. The zero-order valence-corrected chi connectivity index (χ0v) is 8.69. The summed E-state index contributed by atoms with van der Waals surface area (Å²) in [5, 5.41) is 4.02. The predicted octanol–water partition coefficient (Wildman–Crippen LogP) is 1.51. The van der Waals surface area contributed by atoms with Crippen LogP contribution in [-0.2, 0) is 11.3 Å². The van der Waals surface area contributed by atoms with Gasteiger partial charge in [-0.3, -0.25) is 9.48 Å². The van der Waals surface area contributed by atoms with Crippen LogP contribution >= 0.6 is 0 Å². The van der Waals surface area contributed by atoms with Crippen molar-refractivity contribution in [2.45, 2.75) is 26.8 Å². The van der Waals surface area contributed by atoms with Crippen LogP contribution in [0.25, 0.3) is 0 Å². The summed E-state index contributed by atoms with van der Waals surface area (Å²) in [6.07, 6.45) is 2.57. The summed E-state index contributed by atoms with van der Waals surface area (Å²) in [7, 11) is 0. The summed E-state index contributed by atoms with van der Waals surface area (Å²) in [4.78, 5) is 11.6. The number of carbonyl (C=O) groups excluding carboxylic acids is 1. The van der Waals surface area contributed by atoms with Crippen LogP contribution in [0.5, 0.6) is 0 Å². The lowest BCUT2D eigenvalue weighted by Crippen LogP contribution is -2.15. The van der Waals surface area contributed by atoms with E-state index >= 15 is 0 Å². The monoisotopic (exact) mass is 196 g/mol. The van der Waals surface area contributed by atoms with Gasteiger partial charge in [0.1, 0.15) is 12.3 Å². The molecule has 14 heavy (non-hydrogen) atoms. The molecule has 0 saturated carbocycles. The molecule has 0 aliphatic heterocycles. The van der Waals surface area contributed by atoms with Crippen LogP contribution in [0.1, 0.15) is 30.8 Å². The van der Waals surface area contributed by atoms with Crippen LogP contribution < -0.4 is 0 Å². The van der Waals surface area contributed by atoms with Gasteiger partial charge in [0.25, 0.3) is 0 Å². The van der Waals surface area contributed by atoms with Gasteiger partial charge < -0.3 is 4.74 Å². The van der Waals surface area contributed by atoms with Crippen molar-refractivity contribution in [1.29, 1.82) is 0 Å². The Morgan fingerprint density at radius 2 is 2.36 bits per heavy atom. The number of hydrogen-bond acceptors (Lipinski definition) is 3. The predicted molar refractivity (Wildman–Crippen MR) is 53.3 cm³/mol. The van der Waals surface area contributed by atoms with Crippen LogP contribution in [-0.4, -0.2) is 28.8 Å². The average Bonchev–Trinajstić information content (AvgIpc) is 2.65. The fraction of sp³-hybridized carbons (Fsp3) is 0.600. The van der Waals surface area contributed by atoms with Crippen molar-refractivity contribution in [3.05, 3.63) is 18.0 Å². The third kappa shape index (κ3) is 2.67. The van der Waals surface area contributed by atoms with E-state index in [0.717, 1.165) is 6.42 Å². The average molecular weight is 196 g/mol. The van der Waals surface area contributed by atoms with Gasteiger partial charge in [-0.15, -0.1) is 0 Å². The van der Waals surface area contributed by atoms with E-state index < -0.39 is 0 Å². The molecule has 1 heterocycles. The zero-order valence-electron chi connectivity index (χ0n) is 8.69. The first-order valence-corrected chi connectivity index (χ1v) is 4.92. The van der Waals surface area contributed by atoms with Gasteiger partial charge in [-0.25, -0.2) is 0 Å². The Balaban J connectivity index is 2.51. The Labute approximate surface area is 83.9 Å². The summed E-state index contributed by atoms with van der Waals surface area (Å²) in [5.74, 6) is -0.00204. The molecule has 0 aliphatic rings. The van der Waals surface area contributed by atoms with Gasteiger partial charge in [0, 0.05) is 19.3 Å². The SMILES string of the molecule is CCCOCC(=O)c1ccnn1CC. The molecule has 1 rings (SSSR count). The van der Waals surface area contributed by atoms with E-state index in [9.17, 15) is 4.79 Å². The molecule has 0 aliphatic carbocycles. The molecule has 0 bridgehead atoms. The molecular formula is C10H16N2O2. The van der Waals surface area contributed by atoms with E-state index in [2.05, 4.69) is 5.10 Å². The van der Waals surface area contributed by atoms with Crippen LogP contribution in [0.3, 0.4) is 0 Å². The molecule has 0 aromatic carbocycles. The smallest absolute Gasteiger partial charge is 0.206 e. The molecule has 0 saturated heterocycles. The van der Waals surface area contributed by atoms with Crippen molar-refractivity contribution < 1.29 is 9.53 Å². The number of aryl methyl sites for hydroxylation is 1. The Morgan fingerprint density at radius 3 is 3.00 bits per heavy atom. The van der Waals surface area contributed by atoms with E-state index in [-0.39, 0.29) is 12.4 Å². The highest BCUT2D eigenvalue weighted by atomic mass is 16.5. The lowest BCUT2D eigenvalue weighted by Gasteiger charge is -2.03. The highest BCUT2D eigenvalue weighted by Crippen LogP contribution is 2.00. The van der Waals surface area contributed by atoms with Gasteiger partial charge in [-0.1, -0.05) is 6.92 Å². The Bertz CT molecular complexity index is 294. The molecule has 0 N–H and O–H groups in total. The van der Waals surface area contributed by atoms with Crippen molar-refractivity contribution in [2.24, 2.45) is 0 Å². The number of rotatable bonds is 6. The van der Waals surface area contributed by atoms with Crippen LogP contribution in [0, 0.1) is 0 Å². The summed E-state index contributed by atoms with van der Waals surface area (Å²) < 4.78 is 6.86. The minimum absolute atomic E-state index is 0.00204. The standard InChI is InChI=1S/C10H16N2O2/c1-3-7-14-8-10(13)9-5-6-11-12(9)4-2/h5-6H,3-4,7-8H2,1-2H3. The normalized spacial score (nSPS) is 10.4. The maximum Gasteiger partial charge on any atom is 0.206 e. The van der Waals surface area contributed by atoms with Crippen LogP contribution in [0.2, 0.25) is 0 Å². The van der Waals surface area contributed by atoms with Crippen LogP contribution in [0.15, 0.2) is 12.3 Å². The quantitative estimate of drug-likeness (QED) is 0.511. The molecule has 1 aromatic heterocycles. The summed E-state index contributed by atoms with van der Waals surface area (Å²) in [6, 6.07) is 1.72. The van der Waals surface area contributed by atoms with E-state index in [4.69, 9.17) is 4.74 Å². The highest BCUT2D eigenvalue weighted by molar-refractivity contribution is 5.95. The minimum atomic E-state index is -0.00204. The number of Topliss-reactive ketones (excluding diaryl/α,β-unsaturated/α-hetero) is 1. The molecule has 78 valence electrons. The van der Waals surface area contributed by atoms with E-state index in [1.165, 1.54) is 0 Å². The molecular weight excluding hydrogens is 180 g/mol. The fourth-order valence-electron chi connectivity index (χ4n) is 1.20. The number of ether oxygens (including phenoxy) is 1. The Kier molecular flexibility index (Phi) is 4.32. The molecule has 4 heteroatoms. The zero-order chi connectivity index (χ0) is 10.4. The molecule has 0 fully saturated rings. The lowest BCUT2D eigenvalue weighted by molar-refractivity contribution is 0.0751. The third-order valence-corrected chi connectivity index (χ3v) is 1.88. The van der Waals surface area contributed by atoms with E-state index in [1.54, 1.807) is 16.9 Å². The maximum atomic E-state index is 11.6. The van der Waals surface area contributed by atoms with Crippen molar-refractivity contribution in [2.75, 3.05) is 13.2 Å². The second-order valence-corrected chi connectivity index (χ2v) is 3.01. The van der Waals surface area contributed by atoms with Gasteiger partial charge in [0.15, 0.2) is 0 Å². The first-order chi connectivity index (χ1) is 6.79. The van der Waals surface area contributed by atoms with Gasteiger partial charge in [-0.2, -0.15) is 5.10 Å². The first kappa shape index (κ1) is 10.9. The molecule has 0 spiro atoms. The summed E-state index contributed by atoms with van der Waals surface area (Å²) >= 11 is 0. The molecule has 0 amide bonds. The second-order valence-electron chi connectivity index (χ2n) is 3.01. The first-order valence-electron chi connectivity index (χ1n) is 4.92. The summed E-state index contributed by atoms with van der Waals surface area (Å²) in [6.45, 7) is 5.46. The number of aromatic nitrogens is 2. The van der Waals surface area contributed by atoms with Crippen molar-refractivity contribution in [3.63, 3.8) is 0 Å². The molecule has 4 nitrogen and oxygen atoms in total. The fourth-order valence-corrected chi connectivity index (χ4v) is 1.20. The van der Waals surface area contributed by atoms with Gasteiger partial charge in [0.2, 0.25) is 5.78 Å². The Hall–Kier alpha value is -1.16.